The van der Waals surface area contributed by atoms with Crippen molar-refractivity contribution in [2.45, 2.75) is 26.4 Å². The molecule has 0 fully saturated rings. The monoisotopic (exact) mass is 288 g/mol. The third-order valence-electron chi connectivity index (χ3n) is 3.03. The minimum absolute atomic E-state index is 0.0850. The lowest BCUT2D eigenvalue weighted by Crippen LogP contribution is -2.09. The van der Waals surface area contributed by atoms with E-state index in [0.29, 0.717) is 11.4 Å². The Kier molecular flexibility index (Phi) is 5.04. The molecule has 0 saturated heterocycles. The van der Waals surface area contributed by atoms with Gasteiger partial charge in [-0.15, -0.1) is 0 Å². The first-order chi connectivity index (χ1) is 10.0. The maximum absolute atomic E-state index is 12.8. The molecule has 0 bridgehead atoms. The van der Waals surface area contributed by atoms with E-state index in [1.807, 2.05) is 32.0 Å². The summed E-state index contributed by atoms with van der Waals surface area (Å²) in [5.41, 5.74) is 8.57. The Labute approximate surface area is 124 Å². The zero-order valence-electron chi connectivity index (χ0n) is 12.4. The van der Waals surface area contributed by atoms with Crippen LogP contribution in [0.4, 0.5) is 15.8 Å². The first-order valence-electron chi connectivity index (χ1n) is 7.09. The Morgan fingerprint density at radius 3 is 2.52 bits per heavy atom. The van der Waals surface area contributed by atoms with Crippen molar-refractivity contribution in [3.05, 3.63) is 53.8 Å². The number of benzene rings is 2. The largest absolute Gasteiger partial charge is 0.489 e. The lowest BCUT2D eigenvalue weighted by Gasteiger charge is -2.14. The molecule has 0 saturated carbocycles. The van der Waals surface area contributed by atoms with Crippen LogP contribution in [0.15, 0.2) is 42.5 Å². The standard InChI is InChI=1S/C17H21FN2O/c1-12(2)21-17-11-15(7-8-16(17)19)20-10-9-13-3-5-14(18)6-4-13/h3-8,11-12,20H,9-10,19H2,1-2H3. The Morgan fingerprint density at radius 1 is 1.14 bits per heavy atom. The number of hydrogen-bond acceptors (Lipinski definition) is 3. The predicted octanol–water partition coefficient (Wildman–Crippen LogP) is 3.85. The summed E-state index contributed by atoms with van der Waals surface area (Å²) in [6.45, 7) is 4.69. The van der Waals surface area contributed by atoms with Gasteiger partial charge in [-0.25, -0.2) is 4.39 Å². The van der Waals surface area contributed by atoms with Gasteiger partial charge in [0.15, 0.2) is 0 Å². The molecular weight excluding hydrogens is 267 g/mol. The molecule has 2 rings (SSSR count). The molecule has 0 unspecified atom stereocenters. The van der Waals surface area contributed by atoms with Gasteiger partial charge in [-0.3, -0.25) is 0 Å². The van der Waals surface area contributed by atoms with E-state index >= 15 is 0 Å². The molecule has 0 aliphatic rings. The Bertz CT molecular complexity index is 582. The lowest BCUT2D eigenvalue weighted by molar-refractivity contribution is 0.244. The summed E-state index contributed by atoms with van der Waals surface area (Å²) >= 11 is 0. The summed E-state index contributed by atoms with van der Waals surface area (Å²) in [4.78, 5) is 0. The number of nitrogens with two attached hydrogens (primary N) is 1. The third kappa shape index (κ3) is 4.67. The van der Waals surface area contributed by atoms with E-state index in [1.165, 1.54) is 12.1 Å². The van der Waals surface area contributed by atoms with Crippen molar-refractivity contribution < 1.29 is 9.13 Å². The second-order valence-corrected chi connectivity index (χ2v) is 5.22. The van der Waals surface area contributed by atoms with Crippen LogP contribution in [0.2, 0.25) is 0 Å². The summed E-state index contributed by atoms with van der Waals surface area (Å²) < 4.78 is 18.5. The zero-order valence-corrected chi connectivity index (χ0v) is 12.4. The van der Waals surface area contributed by atoms with Gasteiger partial charge < -0.3 is 15.8 Å². The molecular formula is C17H21FN2O. The molecule has 0 amide bonds. The first kappa shape index (κ1) is 15.2. The number of nitrogen functional groups attached to an aromatic ring is 1. The molecule has 0 aromatic heterocycles. The van der Waals surface area contributed by atoms with Gasteiger partial charge in [-0.2, -0.15) is 0 Å². The molecule has 0 heterocycles. The van der Waals surface area contributed by atoms with Crippen LogP contribution in [-0.2, 0) is 6.42 Å². The Hall–Kier alpha value is -2.23. The summed E-state index contributed by atoms with van der Waals surface area (Å²) in [6, 6.07) is 12.2. The number of nitrogens with one attached hydrogen (secondary N) is 1. The van der Waals surface area contributed by atoms with Crippen molar-refractivity contribution >= 4 is 11.4 Å². The summed E-state index contributed by atoms with van der Waals surface area (Å²) in [5, 5.41) is 3.32. The summed E-state index contributed by atoms with van der Waals surface area (Å²) in [7, 11) is 0. The minimum atomic E-state index is -0.208. The number of rotatable bonds is 6. The smallest absolute Gasteiger partial charge is 0.144 e. The average molecular weight is 288 g/mol. The number of anilines is 2. The van der Waals surface area contributed by atoms with E-state index in [2.05, 4.69) is 5.32 Å². The zero-order chi connectivity index (χ0) is 15.2. The van der Waals surface area contributed by atoms with Crippen molar-refractivity contribution in [3.63, 3.8) is 0 Å². The molecule has 2 aromatic rings. The van der Waals surface area contributed by atoms with E-state index in [-0.39, 0.29) is 11.9 Å². The molecule has 3 N–H and O–H groups in total. The van der Waals surface area contributed by atoms with Crippen molar-refractivity contribution in [2.24, 2.45) is 0 Å². The third-order valence-corrected chi connectivity index (χ3v) is 3.03. The van der Waals surface area contributed by atoms with Crippen LogP contribution in [0.1, 0.15) is 19.4 Å². The molecule has 21 heavy (non-hydrogen) atoms. The fraction of sp³-hybridized carbons (Fsp3) is 0.294. The molecule has 4 heteroatoms. The van der Waals surface area contributed by atoms with Crippen LogP contribution in [0.25, 0.3) is 0 Å². The maximum atomic E-state index is 12.8. The topological polar surface area (TPSA) is 47.3 Å². The number of halogens is 1. The Morgan fingerprint density at radius 2 is 1.86 bits per heavy atom. The van der Waals surface area contributed by atoms with Crippen molar-refractivity contribution in [1.29, 1.82) is 0 Å². The molecule has 2 aromatic carbocycles. The highest BCUT2D eigenvalue weighted by Crippen LogP contribution is 2.26. The highest BCUT2D eigenvalue weighted by Gasteiger charge is 2.04. The van der Waals surface area contributed by atoms with Gasteiger partial charge in [0, 0.05) is 18.3 Å². The second kappa shape index (κ2) is 6.97. The van der Waals surface area contributed by atoms with Gasteiger partial charge in [-0.1, -0.05) is 12.1 Å². The van der Waals surface area contributed by atoms with Crippen LogP contribution in [-0.4, -0.2) is 12.6 Å². The molecule has 3 nitrogen and oxygen atoms in total. The first-order valence-corrected chi connectivity index (χ1v) is 7.09. The highest BCUT2D eigenvalue weighted by molar-refractivity contribution is 5.61. The average Bonchev–Trinajstić information content (AvgIpc) is 2.44. The van der Waals surface area contributed by atoms with Gasteiger partial charge in [0.05, 0.1) is 11.8 Å². The van der Waals surface area contributed by atoms with Crippen molar-refractivity contribution in [2.75, 3.05) is 17.6 Å². The SMILES string of the molecule is CC(C)Oc1cc(NCCc2ccc(F)cc2)ccc1N. The van der Waals surface area contributed by atoms with Crippen LogP contribution >= 0.6 is 0 Å². The van der Waals surface area contributed by atoms with Gasteiger partial charge in [-0.05, 0) is 50.1 Å². The second-order valence-electron chi connectivity index (χ2n) is 5.22. The Balaban J connectivity index is 1.92. The van der Waals surface area contributed by atoms with E-state index in [4.69, 9.17) is 10.5 Å². The van der Waals surface area contributed by atoms with Crippen molar-refractivity contribution in [1.82, 2.24) is 0 Å². The molecule has 112 valence electrons. The van der Waals surface area contributed by atoms with E-state index in [1.54, 1.807) is 12.1 Å². The maximum Gasteiger partial charge on any atom is 0.144 e. The van der Waals surface area contributed by atoms with Gasteiger partial charge in [0.2, 0.25) is 0 Å². The minimum Gasteiger partial charge on any atom is -0.489 e. The molecule has 0 aliphatic heterocycles. The van der Waals surface area contributed by atoms with Crippen LogP contribution in [0.3, 0.4) is 0 Å². The van der Waals surface area contributed by atoms with E-state index < -0.39 is 0 Å². The predicted molar refractivity (Wildman–Crippen MR) is 85.2 cm³/mol. The normalized spacial score (nSPS) is 10.7. The molecule has 0 radical (unpaired) electrons. The van der Waals surface area contributed by atoms with E-state index in [9.17, 15) is 4.39 Å². The highest BCUT2D eigenvalue weighted by atomic mass is 19.1. The van der Waals surface area contributed by atoms with Crippen LogP contribution < -0.4 is 15.8 Å². The molecule has 0 atom stereocenters. The van der Waals surface area contributed by atoms with Gasteiger partial charge >= 0.3 is 0 Å². The fourth-order valence-corrected chi connectivity index (χ4v) is 2.00. The van der Waals surface area contributed by atoms with Crippen LogP contribution in [0, 0.1) is 5.82 Å². The lowest BCUT2D eigenvalue weighted by atomic mass is 10.1. The summed E-state index contributed by atoms with van der Waals surface area (Å²) in [5.74, 6) is 0.484. The number of hydrogen-bond donors (Lipinski definition) is 2. The summed E-state index contributed by atoms with van der Waals surface area (Å²) in [6.07, 6.45) is 0.909. The van der Waals surface area contributed by atoms with E-state index in [0.717, 1.165) is 24.2 Å². The quantitative estimate of drug-likeness (QED) is 0.794. The van der Waals surface area contributed by atoms with Crippen molar-refractivity contribution in [3.8, 4) is 5.75 Å². The number of ether oxygens (including phenoxy) is 1. The molecule has 0 aliphatic carbocycles. The fourth-order valence-electron chi connectivity index (χ4n) is 2.00. The van der Waals surface area contributed by atoms with Gasteiger partial charge in [0.25, 0.3) is 0 Å². The van der Waals surface area contributed by atoms with Crippen LogP contribution in [0.5, 0.6) is 5.75 Å². The molecule has 0 spiro atoms. The van der Waals surface area contributed by atoms with Gasteiger partial charge in [0.1, 0.15) is 11.6 Å².